The Kier molecular flexibility index (Phi) is 11.9. The maximum atomic E-state index is 4.28. The second-order valence-electron chi connectivity index (χ2n) is 8.23. The van der Waals surface area contributed by atoms with E-state index in [4.69, 9.17) is 0 Å². The average Bonchev–Trinajstić information content (AvgIpc) is 2.66. The molecule has 1 atom stereocenters. The minimum Gasteiger partial charge on any atom is -0.384 e. The third-order valence-corrected chi connectivity index (χ3v) is 5.17. The lowest BCUT2D eigenvalue weighted by Crippen LogP contribution is -2.36. The van der Waals surface area contributed by atoms with E-state index in [0.717, 1.165) is 29.9 Å². The molecule has 1 unspecified atom stereocenters. The van der Waals surface area contributed by atoms with Crippen molar-refractivity contribution in [3.05, 3.63) is 59.9 Å². The molecule has 3 N–H and O–H groups in total. The highest BCUT2D eigenvalue weighted by Crippen LogP contribution is 2.20. The Hall–Kier alpha value is -1.58. The number of likely N-dealkylation sites (N-methyl/N-ethyl adjacent to an activating group) is 1. The van der Waals surface area contributed by atoms with E-state index in [9.17, 15) is 0 Å². The molecule has 0 aliphatic heterocycles. The topological polar surface area (TPSA) is 36.1 Å². The fraction of sp³-hybridized carbons (Fsp3) is 0.600. The molecular formula is C25H43N3. The van der Waals surface area contributed by atoms with Gasteiger partial charge in [-0.05, 0) is 56.4 Å². The molecule has 1 aliphatic carbocycles. The molecule has 0 spiro atoms. The molecule has 1 rings (SSSR count). The molecule has 1 aliphatic rings. The van der Waals surface area contributed by atoms with Gasteiger partial charge in [0.1, 0.15) is 0 Å². The van der Waals surface area contributed by atoms with E-state index in [2.05, 4.69) is 74.2 Å². The summed E-state index contributed by atoms with van der Waals surface area (Å²) in [7, 11) is 2.00. The van der Waals surface area contributed by atoms with Crippen molar-refractivity contribution in [2.75, 3.05) is 20.1 Å². The Morgan fingerprint density at radius 3 is 2.29 bits per heavy atom. The smallest absolute Gasteiger partial charge is 0.0510 e. The Balaban J connectivity index is 2.73. The van der Waals surface area contributed by atoms with Gasteiger partial charge in [0, 0.05) is 24.8 Å². The van der Waals surface area contributed by atoms with E-state index in [0.29, 0.717) is 12.0 Å². The Morgan fingerprint density at radius 1 is 1.07 bits per heavy atom. The van der Waals surface area contributed by atoms with E-state index in [1.807, 2.05) is 14.0 Å². The van der Waals surface area contributed by atoms with Gasteiger partial charge in [-0.25, -0.2) is 0 Å². The Labute approximate surface area is 174 Å². The normalized spacial score (nSPS) is 17.9. The quantitative estimate of drug-likeness (QED) is 0.317. The molecule has 0 amide bonds. The zero-order valence-electron chi connectivity index (χ0n) is 18.9. The molecule has 3 heteroatoms. The largest absolute Gasteiger partial charge is 0.384 e. The van der Waals surface area contributed by atoms with Crippen LogP contribution in [0.2, 0.25) is 0 Å². The van der Waals surface area contributed by atoms with Crippen molar-refractivity contribution < 1.29 is 0 Å². The Bertz CT molecular complexity index is 575. The maximum Gasteiger partial charge on any atom is 0.0510 e. The van der Waals surface area contributed by atoms with Crippen LogP contribution in [0.15, 0.2) is 59.9 Å². The molecule has 0 aromatic heterocycles. The van der Waals surface area contributed by atoms with Crippen LogP contribution in [-0.4, -0.2) is 32.2 Å². The summed E-state index contributed by atoms with van der Waals surface area (Å²) in [6, 6.07) is 0.822. The molecule has 1 fully saturated rings. The molecule has 0 heterocycles. The molecule has 1 saturated carbocycles. The van der Waals surface area contributed by atoms with Crippen LogP contribution in [-0.2, 0) is 0 Å². The van der Waals surface area contributed by atoms with E-state index in [-0.39, 0.29) is 6.04 Å². The summed E-state index contributed by atoms with van der Waals surface area (Å²) < 4.78 is 0. The van der Waals surface area contributed by atoms with Crippen molar-refractivity contribution in [2.45, 2.75) is 71.9 Å². The van der Waals surface area contributed by atoms with Crippen LogP contribution in [0.1, 0.15) is 59.8 Å². The second kappa shape index (κ2) is 13.6. The highest BCUT2D eigenvalue weighted by molar-refractivity contribution is 5.45. The van der Waals surface area contributed by atoms with Gasteiger partial charge in [0.05, 0.1) is 6.04 Å². The standard InChI is InChI=1S/C25H43N3/c1-8-12-22(17-19(2)3)25(26-7)18-24(20(4)5)21(6)27-15-16-28-23-13-10-9-11-14-23/h8,12,17-19,23,25-28H,4,6,9-11,13-16H2,1-3,5,7H3/b12-8-,22-17+,24-18+. The lowest BCUT2D eigenvalue weighted by Gasteiger charge is -2.23. The number of hydrogen-bond donors (Lipinski definition) is 3. The highest BCUT2D eigenvalue weighted by Gasteiger charge is 2.13. The van der Waals surface area contributed by atoms with E-state index in [1.165, 1.54) is 37.7 Å². The average molecular weight is 386 g/mol. The first kappa shape index (κ1) is 24.5. The summed E-state index contributed by atoms with van der Waals surface area (Å²) in [5, 5.41) is 10.6. The van der Waals surface area contributed by atoms with E-state index >= 15 is 0 Å². The van der Waals surface area contributed by atoms with Crippen molar-refractivity contribution in [1.82, 2.24) is 16.0 Å². The van der Waals surface area contributed by atoms with Gasteiger partial charge >= 0.3 is 0 Å². The zero-order chi connectivity index (χ0) is 20.9. The molecule has 0 aromatic carbocycles. The Morgan fingerprint density at radius 2 is 1.75 bits per heavy atom. The van der Waals surface area contributed by atoms with Crippen LogP contribution < -0.4 is 16.0 Å². The fourth-order valence-electron chi connectivity index (χ4n) is 3.75. The predicted molar refractivity (Wildman–Crippen MR) is 125 cm³/mol. The van der Waals surface area contributed by atoms with Gasteiger partial charge in [0.25, 0.3) is 0 Å². The zero-order valence-corrected chi connectivity index (χ0v) is 18.9. The van der Waals surface area contributed by atoms with Crippen LogP contribution in [0, 0.1) is 5.92 Å². The van der Waals surface area contributed by atoms with Gasteiger partial charge in [-0.2, -0.15) is 0 Å². The minimum absolute atomic E-state index is 0.129. The van der Waals surface area contributed by atoms with Crippen molar-refractivity contribution in [1.29, 1.82) is 0 Å². The third kappa shape index (κ3) is 9.07. The number of allylic oxidation sites excluding steroid dienone is 3. The van der Waals surface area contributed by atoms with Crippen molar-refractivity contribution >= 4 is 0 Å². The molecule has 28 heavy (non-hydrogen) atoms. The van der Waals surface area contributed by atoms with Gasteiger partial charge in [-0.15, -0.1) is 0 Å². The first-order valence-corrected chi connectivity index (χ1v) is 10.9. The van der Waals surface area contributed by atoms with Crippen LogP contribution in [0.4, 0.5) is 0 Å². The van der Waals surface area contributed by atoms with Gasteiger partial charge in [0.15, 0.2) is 0 Å². The van der Waals surface area contributed by atoms with Gasteiger partial charge in [0.2, 0.25) is 0 Å². The highest BCUT2D eigenvalue weighted by atomic mass is 15.0. The second-order valence-corrected chi connectivity index (χ2v) is 8.23. The minimum atomic E-state index is 0.129. The van der Waals surface area contributed by atoms with Crippen molar-refractivity contribution in [3.63, 3.8) is 0 Å². The first-order chi connectivity index (χ1) is 13.4. The lowest BCUT2D eigenvalue weighted by atomic mass is 9.95. The van der Waals surface area contributed by atoms with Crippen LogP contribution >= 0.6 is 0 Å². The fourth-order valence-corrected chi connectivity index (χ4v) is 3.75. The van der Waals surface area contributed by atoms with Gasteiger partial charge < -0.3 is 16.0 Å². The molecule has 0 saturated heterocycles. The van der Waals surface area contributed by atoms with Crippen LogP contribution in [0.25, 0.3) is 0 Å². The summed E-state index contributed by atoms with van der Waals surface area (Å²) in [5.74, 6) is 0.496. The summed E-state index contributed by atoms with van der Waals surface area (Å²) in [6.07, 6.45) is 15.6. The maximum absolute atomic E-state index is 4.28. The molecular weight excluding hydrogens is 342 g/mol. The van der Waals surface area contributed by atoms with E-state index < -0.39 is 0 Å². The molecule has 3 nitrogen and oxygen atoms in total. The summed E-state index contributed by atoms with van der Waals surface area (Å²) in [5.41, 5.74) is 4.34. The summed E-state index contributed by atoms with van der Waals surface area (Å²) >= 11 is 0. The lowest BCUT2D eigenvalue weighted by molar-refractivity contribution is 0.374. The van der Waals surface area contributed by atoms with E-state index in [1.54, 1.807) is 0 Å². The molecule has 0 aromatic rings. The van der Waals surface area contributed by atoms with Crippen LogP contribution in [0.5, 0.6) is 0 Å². The van der Waals surface area contributed by atoms with Crippen LogP contribution in [0.3, 0.4) is 0 Å². The monoisotopic (exact) mass is 385 g/mol. The predicted octanol–water partition coefficient (Wildman–Crippen LogP) is 5.26. The summed E-state index contributed by atoms with van der Waals surface area (Å²) in [4.78, 5) is 0. The number of nitrogens with one attached hydrogen (secondary N) is 3. The third-order valence-electron chi connectivity index (χ3n) is 5.17. The van der Waals surface area contributed by atoms with Crippen molar-refractivity contribution in [2.24, 2.45) is 5.92 Å². The molecule has 158 valence electrons. The molecule has 0 radical (unpaired) electrons. The molecule has 0 bridgehead atoms. The first-order valence-electron chi connectivity index (χ1n) is 10.9. The number of hydrogen-bond acceptors (Lipinski definition) is 3. The SMILES string of the molecule is C=C(C)/C(=C\C(NC)C(/C=C\C)=C/C(C)C)C(=C)NCCNC1CCCCC1. The van der Waals surface area contributed by atoms with Gasteiger partial charge in [-0.1, -0.05) is 70.6 Å². The van der Waals surface area contributed by atoms with Gasteiger partial charge in [-0.3, -0.25) is 0 Å². The summed E-state index contributed by atoms with van der Waals surface area (Å²) in [6.45, 7) is 18.8. The van der Waals surface area contributed by atoms with Crippen molar-refractivity contribution in [3.8, 4) is 0 Å². The number of rotatable bonds is 12.